The molecule has 20 heavy (non-hydrogen) atoms. The van der Waals surface area contributed by atoms with Crippen LogP contribution in [-0.2, 0) is 10.0 Å². The van der Waals surface area contributed by atoms with Crippen molar-refractivity contribution in [2.75, 3.05) is 10.5 Å². The first-order valence-corrected chi connectivity index (χ1v) is 7.06. The van der Waals surface area contributed by atoms with Crippen LogP contribution in [0.1, 0.15) is 0 Å². The number of halogens is 3. The van der Waals surface area contributed by atoms with E-state index in [0.29, 0.717) is 0 Å². The molecule has 1 heterocycles. The third-order valence-electron chi connectivity index (χ3n) is 2.38. The highest BCUT2D eigenvalue weighted by molar-refractivity contribution is 7.92. The second-order valence-electron chi connectivity index (χ2n) is 3.72. The molecule has 0 unspecified atom stereocenters. The van der Waals surface area contributed by atoms with Gasteiger partial charge in [-0.15, -0.1) is 0 Å². The van der Waals surface area contributed by atoms with Crippen molar-refractivity contribution in [3.8, 4) is 0 Å². The van der Waals surface area contributed by atoms with Crippen LogP contribution in [0.2, 0.25) is 5.15 Å². The van der Waals surface area contributed by atoms with Crippen molar-refractivity contribution in [2.45, 2.75) is 4.90 Å². The Bertz CT molecular complexity index is 768. The smallest absolute Gasteiger partial charge is 0.265 e. The van der Waals surface area contributed by atoms with Crippen LogP contribution in [-0.4, -0.2) is 13.4 Å². The second kappa shape index (κ2) is 5.22. The monoisotopic (exact) mass is 319 g/mol. The third kappa shape index (κ3) is 2.66. The van der Waals surface area contributed by atoms with Gasteiger partial charge in [-0.25, -0.2) is 22.2 Å². The van der Waals surface area contributed by atoms with Crippen LogP contribution in [0, 0.1) is 11.6 Å². The lowest BCUT2D eigenvalue weighted by Crippen LogP contribution is -2.16. The summed E-state index contributed by atoms with van der Waals surface area (Å²) in [6, 6.07) is 4.32. The number of nitrogens with zero attached hydrogens (tertiary/aromatic N) is 1. The number of rotatable bonds is 3. The zero-order valence-corrected chi connectivity index (χ0v) is 11.3. The molecule has 2 rings (SSSR count). The zero-order chi connectivity index (χ0) is 14.9. The van der Waals surface area contributed by atoms with Crippen molar-refractivity contribution in [1.82, 2.24) is 4.98 Å². The fraction of sp³-hybridized carbons (Fsp3) is 0. The minimum Gasteiger partial charge on any atom is -0.394 e. The largest absolute Gasteiger partial charge is 0.394 e. The molecule has 0 spiro atoms. The molecule has 0 atom stereocenters. The lowest BCUT2D eigenvalue weighted by molar-refractivity contribution is 0.557. The molecule has 3 N–H and O–H groups in total. The van der Waals surface area contributed by atoms with E-state index < -0.39 is 32.2 Å². The summed E-state index contributed by atoms with van der Waals surface area (Å²) in [6.45, 7) is 0. The molecule has 1 aromatic heterocycles. The summed E-state index contributed by atoms with van der Waals surface area (Å²) < 4.78 is 52.9. The molecule has 0 bridgehead atoms. The zero-order valence-electron chi connectivity index (χ0n) is 9.77. The van der Waals surface area contributed by atoms with Crippen LogP contribution < -0.4 is 10.5 Å². The highest BCUT2D eigenvalue weighted by Crippen LogP contribution is 2.26. The Kier molecular flexibility index (Phi) is 3.78. The molecule has 0 aliphatic heterocycles. The lowest BCUT2D eigenvalue weighted by atomic mass is 10.3. The summed E-state index contributed by atoms with van der Waals surface area (Å²) in [7, 11) is -4.30. The van der Waals surface area contributed by atoms with Gasteiger partial charge in [0.15, 0.2) is 11.0 Å². The van der Waals surface area contributed by atoms with E-state index >= 15 is 0 Å². The van der Waals surface area contributed by atoms with Crippen molar-refractivity contribution >= 4 is 33.0 Å². The lowest BCUT2D eigenvalue weighted by Gasteiger charge is -2.10. The van der Waals surface area contributed by atoms with E-state index in [0.717, 1.165) is 12.1 Å². The fourth-order valence-corrected chi connectivity index (χ4v) is 2.80. The number of sulfonamides is 1. The number of pyridine rings is 1. The van der Waals surface area contributed by atoms with Gasteiger partial charge in [0.1, 0.15) is 16.4 Å². The number of anilines is 2. The van der Waals surface area contributed by atoms with Gasteiger partial charge >= 0.3 is 0 Å². The van der Waals surface area contributed by atoms with Gasteiger partial charge in [0.2, 0.25) is 0 Å². The minimum absolute atomic E-state index is 0.0311. The molecular weight excluding hydrogens is 312 g/mol. The number of nitrogens with two attached hydrogens (primary N) is 1. The Balaban J connectivity index is 2.47. The van der Waals surface area contributed by atoms with Gasteiger partial charge in [0.05, 0.1) is 5.69 Å². The SMILES string of the molecule is Nc1c(F)ccc(S(=O)(=O)Nc2cccnc2Cl)c1F. The maximum Gasteiger partial charge on any atom is 0.265 e. The van der Waals surface area contributed by atoms with Gasteiger partial charge in [-0.05, 0) is 24.3 Å². The Labute approximate surface area is 118 Å². The van der Waals surface area contributed by atoms with Crippen molar-refractivity contribution in [1.29, 1.82) is 0 Å². The maximum atomic E-state index is 13.7. The summed E-state index contributed by atoms with van der Waals surface area (Å²) >= 11 is 5.70. The standard InChI is InChI=1S/C11H8ClF2N3O2S/c12-11-7(2-1-5-16-11)17-20(18,19)8-4-3-6(13)10(15)9(8)14/h1-5,17H,15H2. The van der Waals surface area contributed by atoms with Crippen LogP contribution in [0.15, 0.2) is 35.4 Å². The van der Waals surface area contributed by atoms with Crippen molar-refractivity contribution in [2.24, 2.45) is 0 Å². The summed E-state index contributed by atoms with van der Waals surface area (Å²) in [5.74, 6) is -2.40. The highest BCUT2D eigenvalue weighted by atomic mass is 35.5. The quantitative estimate of drug-likeness (QED) is 0.672. The van der Waals surface area contributed by atoms with E-state index in [4.69, 9.17) is 17.3 Å². The minimum atomic E-state index is -4.30. The molecule has 0 aliphatic carbocycles. The van der Waals surface area contributed by atoms with Crippen molar-refractivity contribution < 1.29 is 17.2 Å². The van der Waals surface area contributed by atoms with E-state index in [1.165, 1.54) is 18.3 Å². The average molecular weight is 320 g/mol. The Morgan fingerprint density at radius 1 is 1.25 bits per heavy atom. The molecule has 1 aromatic carbocycles. The Hall–Kier alpha value is -1.93. The molecule has 5 nitrogen and oxygen atoms in total. The predicted molar refractivity (Wildman–Crippen MR) is 70.8 cm³/mol. The molecular formula is C11H8ClF2N3O2S. The van der Waals surface area contributed by atoms with Gasteiger partial charge in [-0.1, -0.05) is 11.6 Å². The van der Waals surface area contributed by atoms with Crippen LogP contribution in [0.25, 0.3) is 0 Å². The number of hydrogen-bond donors (Lipinski definition) is 2. The number of benzene rings is 1. The summed E-state index contributed by atoms with van der Waals surface area (Å²) in [5, 5.41) is -0.105. The van der Waals surface area contributed by atoms with Crippen LogP contribution in [0.5, 0.6) is 0 Å². The number of hydrogen-bond acceptors (Lipinski definition) is 4. The van der Waals surface area contributed by atoms with E-state index in [-0.39, 0.29) is 10.8 Å². The molecule has 0 saturated heterocycles. The molecule has 9 heteroatoms. The topological polar surface area (TPSA) is 85.1 Å². The summed E-state index contributed by atoms with van der Waals surface area (Å²) in [6.07, 6.45) is 1.36. The van der Waals surface area contributed by atoms with Crippen molar-refractivity contribution in [3.05, 3.63) is 47.2 Å². The first-order valence-electron chi connectivity index (χ1n) is 5.20. The average Bonchev–Trinajstić information content (AvgIpc) is 2.38. The first kappa shape index (κ1) is 14.5. The molecule has 0 aliphatic rings. The summed E-state index contributed by atoms with van der Waals surface area (Å²) in [5.41, 5.74) is 4.22. The second-order valence-corrected chi connectivity index (χ2v) is 5.73. The molecule has 0 fully saturated rings. The summed E-state index contributed by atoms with van der Waals surface area (Å²) in [4.78, 5) is 2.89. The normalized spacial score (nSPS) is 11.3. The van der Waals surface area contributed by atoms with Gasteiger partial charge in [0.25, 0.3) is 10.0 Å². The third-order valence-corrected chi connectivity index (χ3v) is 4.07. The number of nitrogen functional groups attached to an aromatic ring is 1. The van der Waals surface area contributed by atoms with E-state index in [9.17, 15) is 17.2 Å². The first-order chi connectivity index (χ1) is 9.33. The van der Waals surface area contributed by atoms with Crippen LogP contribution in [0.3, 0.4) is 0 Å². The van der Waals surface area contributed by atoms with Gasteiger partial charge in [-0.3, -0.25) is 4.72 Å². The number of nitrogens with one attached hydrogen (secondary N) is 1. The number of aromatic nitrogens is 1. The molecule has 0 radical (unpaired) electrons. The Morgan fingerprint density at radius 2 is 1.95 bits per heavy atom. The molecule has 0 saturated carbocycles. The van der Waals surface area contributed by atoms with Crippen LogP contribution in [0.4, 0.5) is 20.2 Å². The van der Waals surface area contributed by atoms with E-state index in [2.05, 4.69) is 9.71 Å². The fourth-order valence-electron chi connectivity index (χ4n) is 1.42. The van der Waals surface area contributed by atoms with Gasteiger partial charge < -0.3 is 5.73 Å². The predicted octanol–water partition coefficient (Wildman–Crippen LogP) is 2.40. The maximum absolute atomic E-state index is 13.7. The van der Waals surface area contributed by atoms with E-state index in [1.807, 2.05) is 0 Å². The molecule has 0 amide bonds. The van der Waals surface area contributed by atoms with Crippen LogP contribution >= 0.6 is 11.6 Å². The molecule has 106 valence electrons. The van der Waals surface area contributed by atoms with Gasteiger partial charge in [0, 0.05) is 6.20 Å². The Morgan fingerprint density at radius 3 is 2.60 bits per heavy atom. The van der Waals surface area contributed by atoms with Gasteiger partial charge in [-0.2, -0.15) is 0 Å². The molecule has 2 aromatic rings. The van der Waals surface area contributed by atoms with Crippen molar-refractivity contribution in [3.63, 3.8) is 0 Å². The van der Waals surface area contributed by atoms with E-state index in [1.54, 1.807) is 0 Å². The highest BCUT2D eigenvalue weighted by Gasteiger charge is 2.23.